The molecule has 8 heteroatoms. The highest BCUT2D eigenvalue weighted by atomic mass is 32.2. The number of aliphatic hydroxyl groups excluding tert-OH is 1. The van der Waals surface area contributed by atoms with Crippen LogP contribution in [0.2, 0.25) is 0 Å². The number of fused-ring (bicyclic) bond motifs is 1. The van der Waals surface area contributed by atoms with E-state index in [1.165, 1.54) is 11.8 Å². The van der Waals surface area contributed by atoms with Gasteiger partial charge in [-0.25, -0.2) is 9.50 Å². The molecule has 0 aliphatic heterocycles. The molecule has 0 atom stereocenters. The zero-order valence-corrected chi connectivity index (χ0v) is 13.2. The number of nitrogens with zero attached hydrogens (tertiary/aromatic N) is 4. The minimum atomic E-state index is -0.0824. The molecule has 1 amide bonds. The summed E-state index contributed by atoms with van der Waals surface area (Å²) in [5.41, 5.74) is 2.53. The van der Waals surface area contributed by atoms with Crippen LogP contribution in [0.15, 0.2) is 5.16 Å². The van der Waals surface area contributed by atoms with Crippen LogP contribution in [0.25, 0.3) is 5.78 Å². The Morgan fingerprint density at radius 3 is 2.81 bits per heavy atom. The smallest absolute Gasteiger partial charge is 0.253 e. The lowest BCUT2D eigenvalue weighted by Crippen LogP contribution is -2.27. The molecular formula is C13H19N5O2S. The summed E-state index contributed by atoms with van der Waals surface area (Å²) in [6.45, 7) is 4.33. The highest BCUT2D eigenvalue weighted by molar-refractivity contribution is 7.98. The summed E-state index contributed by atoms with van der Waals surface area (Å²) in [5.74, 6) is 0.472. The summed E-state index contributed by atoms with van der Waals surface area (Å²) < 4.78 is 1.68. The number of thioether (sulfide) groups is 1. The zero-order valence-electron chi connectivity index (χ0n) is 12.4. The molecule has 2 heterocycles. The van der Waals surface area contributed by atoms with Crippen LogP contribution in [0.1, 0.15) is 23.4 Å². The SMILES string of the molecule is CSc1nc2nc(C)c(CC(=O)NCCCO)c(C)n2n1. The van der Waals surface area contributed by atoms with Gasteiger partial charge in [-0.3, -0.25) is 4.79 Å². The van der Waals surface area contributed by atoms with E-state index in [-0.39, 0.29) is 18.9 Å². The Kier molecular flexibility index (Phi) is 5.13. The number of carbonyl (C=O) groups excluding carboxylic acids is 1. The highest BCUT2D eigenvalue weighted by Gasteiger charge is 2.15. The molecule has 0 radical (unpaired) electrons. The lowest BCUT2D eigenvalue weighted by molar-refractivity contribution is -0.120. The van der Waals surface area contributed by atoms with Crippen LogP contribution in [0.5, 0.6) is 0 Å². The molecule has 2 aromatic rings. The number of rotatable bonds is 6. The van der Waals surface area contributed by atoms with Gasteiger partial charge in [-0.05, 0) is 26.5 Å². The molecular weight excluding hydrogens is 290 g/mol. The van der Waals surface area contributed by atoms with E-state index < -0.39 is 0 Å². The molecule has 0 fully saturated rings. The average molecular weight is 309 g/mol. The second-order valence-corrected chi connectivity index (χ2v) is 5.45. The van der Waals surface area contributed by atoms with Gasteiger partial charge in [-0.1, -0.05) is 11.8 Å². The van der Waals surface area contributed by atoms with E-state index in [9.17, 15) is 4.79 Å². The maximum Gasteiger partial charge on any atom is 0.253 e. The Bertz CT molecular complexity index is 656. The van der Waals surface area contributed by atoms with E-state index in [1.807, 2.05) is 20.1 Å². The zero-order chi connectivity index (χ0) is 15.4. The Labute approximate surface area is 127 Å². The van der Waals surface area contributed by atoms with Gasteiger partial charge in [-0.15, -0.1) is 5.10 Å². The van der Waals surface area contributed by atoms with Crippen molar-refractivity contribution in [3.05, 3.63) is 17.0 Å². The minimum Gasteiger partial charge on any atom is -0.396 e. The fourth-order valence-electron chi connectivity index (χ4n) is 2.06. The number of aromatic nitrogens is 4. The van der Waals surface area contributed by atoms with E-state index >= 15 is 0 Å². The number of amides is 1. The third-order valence-corrected chi connectivity index (χ3v) is 3.74. The maximum absolute atomic E-state index is 11.9. The number of nitrogens with one attached hydrogen (secondary N) is 1. The van der Waals surface area contributed by atoms with Gasteiger partial charge >= 0.3 is 0 Å². The van der Waals surface area contributed by atoms with Crippen LogP contribution in [0, 0.1) is 13.8 Å². The molecule has 2 rings (SSSR count). The average Bonchev–Trinajstić information content (AvgIpc) is 2.87. The molecule has 0 aliphatic rings. The Morgan fingerprint density at radius 2 is 2.14 bits per heavy atom. The van der Waals surface area contributed by atoms with Crippen LogP contribution < -0.4 is 5.32 Å². The first kappa shape index (κ1) is 15.7. The number of aryl methyl sites for hydroxylation is 2. The first-order valence-electron chi connectivity index (χ1n) is 6.71. The van der Waals surface area contributed by atoms with Crippen molar-refractivity contribution in [3.63, 3.8) is 0 Å². The van der Waals surface area contributed by atoms with Crippen molar-refractivity contribution in [1.82, 2.24) is 24.9 Å². The first-order valence-corrected chi connectivity index (χ1v) is 7.93. The third kappa shape index (κ3) is 3.51. The van der Waals surface area contributed by atoms with E-state index in [1.54, 1.807) is 4.52 Å². The maximum atomic E-state index is 11.9. The topological polar surface area (TPSA) is 92.4 Å². The molecule has 21 heavy (non-hydrogen) atoms. The third-order valence-electron chi connectivity index (χ3n) is 3.21. The second-order valence-electron chi connectivity index (χ2n) is 4.68. The molecule has 2 aromatic heterocycles. The monoisotopic (exact) mass is 309 g/mol. The van der Waals surface area contributed by atoms with Crippen molar-refractivity contribution in [1.29, 1.82) is 0 Å². The minimum absolute atomic E-state index is 0.0717. The molecule has 0 spiro atoms. The van der Waals surface area contributed by atoms with Crippen molar-refractivity contribution < 1.29 is 9.90 Å². The van der Waals surface area contributed by atoms with E-state index in [2.05, 4.69) is 20.4 Å². The van der Waals surface area contributed by atoms with Crippen molar-refractivity contribution >= 4 is 23.4 Å². The van der Waals surface area contributed by atoms with Gasteiger partial charge in [0.1, 0.15) is 0 Å². The summed E-state index contributed by atoms with van der Waals surface area (Å²) in [7, 11) is 0. The number of hydrogen-bond acceptors (Lipinski definition) is 6. The van der Waals surface area contributed by atoms with Gasteiger partial charge in [0, 0.05) is 30.1 Å². The number of aliphatic hydroxyl groups is 1. The highest BCUT2D eigenvalue weighted by Crippen LogP contribution is 2.17. The molecule has 0 bridgehead atoms. The number of hydrogen-bond donors (Lipinski definition) is 2. The summed E-state index contributed by atoms with van der Waals surface area (Å²) in [6, 6.07) is 0. The summed E-state index contributed by atoms with van der Waals surface area (Å²) in [6.07, 6.45) is 2.72. The lowest BCUT2D eigenvalue weighted by atomic mass is 10.1. The molecule has 0 saturated heterocycles. The Morgan fingerprint density at radius 1 is 1.38 bits per heavy atom. The fourth-order valence-corrected chi connectivity index (χ4v) is 2.40. The summed E-state index contributed by atoms with van der Waals surface area (Å²) in [5, 5.41) is 16.5. The van der Waals surface area contributed by atoms with Gasteiger partial charge in [-0.2, -0.15) is 4.98 Å². The van der Waals surface area contributed by atoms with Crippen molar-refractivity contribution in [3.8, 4) is 0 Å². The van der Waals surface area contributed by atoms with Gasteiger partial charge in [0.05, 0.1) is 6.42 Å². The van der Waals surface area contributed by atoms with Crippen LogP contribution in [-0.4, -0.2) is 50.0 Å². The molecule has 0 aliphatic carbocycles. The van der Waals surface area contributed by atoms with Gasteiger partial charge in [0.15, 0.2) is 0 Å². The van der Waals surface area contributed by atoms with E-state index in [4.69, 9.17) is 5.11 Å². The fraction of sp³-hybridized carbons (Fsp3) is 0.538. The van der Waals surface area contributed by atoms with Crippen molar-refractivity contribution in [2.75, 3.05) is 19.4 Å². The summed E-state index contributed by atoms with van der Waals surface area (Å²) in [4.78, 5) is 20.6. The molecule has 0 aromatic carbocycles. The summed E-state index contributed by atoms with van der Waals surface area (Å²) >= 11 is 1.46. The van der Waals surface area contributed by atoms with Crippen molar-refractivity contribution in [2.45, 2.75) is 31.8 Å². The second kappa shape index (κ2) is 6.86. The van der Waals surface area contributed by atoms with Crippen molar-refractivity contribution in [2.24, 2.45) is 0 Å². The van der Waals surface area contributed by atoms with Gasteiger partial charge < -0.3 is 10.4 Å². The van der Waals surface area contributed by atoms with E-state index in [0.717, 1.165) is 17.0 Å². The molecule has 0 unspecified atom stereocenters. The largest absolute Gasteiger partial charge is 0.396 e. The van der Waals surface area contributed by atoms with Crippen LogP contribution in [0.3, 0.4) is 0 Å². The lowest BCUT2D eigenvalue weighted by Gasteiger charge is -2.10. The molecule has 114 valence electrons. The Hall–Kier alpha value is -1.67. The standard InChI is InChI=1S/C13H19N5O2S/c1-8-10(7-11(20)14-5-4-6-19)9(2)18-12(15-8)16-13(17-18)21-3/h19H,4-7H2,1-3H3,(H,14,20). The van der Waals surface area contributed by atoms with Gasteiger partial charge in [0.25, 0.3) is 5.78 Å². The van der Waals surface area contributed by atoms with E-state index in [0.29, 0.717) is 23.9 Å². The van der Waals surface area contributed by atoms with Crippen LogP contribution >= 0.6 is 11.8 Å². The molecule has 0 saturated carbocycles. The predicted molar refractivity (Wildman–Crippen MR) is 80.5 cm³/mol. The first-order chi connectivity index (χ1) is 10.1. The quantitative estimate of drug-likeness (QED) is 0.596. The molecule has 2 N–H and O–H groups in total. The molecule has 7 nitrogen and oxygen atoms in total. The van der Waals surface area contributed by atoms with Crippen LogP contribution in [0.4, 0.5) is 0 Å². The normalized spacial score (nSPS) is 11.0. The number of carbonyl (C=O) groups is 1. The predicted octanol–water partition coefficient (Wildman–Crippen LogP) is 0.504. The van der Waals surface area contributed by atoms with Crippen LogP contribution in [-0.2, 0) is 11.2 Å². The Balaban J connectivity index is 2.24. The van der Waals surface area contributed by atoms with Gasteiger partial charge in [0.2, 0.25) is 11.1 Å².